The molecule has 26 heavy (non-hydrogen) atoms. The van der Waals surface area contributed by atoms with Gasteiger partial charge in [-0.2, -0.15) is 0 Å². The Morgan fingerprint density at radius 3 is 2.38 bits per heavy atom. The highest BCUT2D eigenvalue weighted by Crippen LogP contribution is 2.15. The van der Waals surface area contributed by atoms with Crippen LogP contribution in [-0.2, 0) is 4.79 Å². The molecule has 0 unspecified atom stereocenters. The maximum atomic E-state index is 12.4. The third-order valence-corrected chi connectivity index (χ3v) is 5.00. The number of amides is 1. The van der Waals surface area contributed by atoms with E-state index in [1.807, 2.05) is 55.1 Å². The maximum absolute atomic E-state index is 12.4. The lowest BCUT2D eigenvalue weighted by molar-refractivity contribution is -0.131. The number of anilines is 1. The predicted octanol–water partition coefficient (Wildman–Crippen LogP) is 3.01. The van der Waals surface area contributed by atoms with Crippen LogP contribution < -0.4 is 4.90 Å². The zero-order valence-electron chi connectivity index (χ0n) is 15.4. The fourth-order valence-electron chi connectivity index (χ4n) is 3.16. The summed E-state index contributed by atoms with van der Waals surface area (Å²) in [6.45, 7) is 6.91. The number of pyridine rings is 1. The molecule has 1 aromatic carbocycles. The minimum atomic E-state index is 0.0357. The number of nitrogens with zero attached hydrogens (tertiary/aromatic N) is 3. The zero-order valence-corrected chi connectivity index (χ0v) is 15.4. The molecule has 0 atom stereocenters. The second kappa shape index (κ2) is 8.13. The van der Waals surface area contributed by atoms with E-state index >= 15 is 0 Å². The highest BCUT2D eigenvalue weighted by molar-refractivity contribution is 5.98. The summed E-state index contributed by atoms with van der Waals surface area (Å²) in [7, 11) is 0. The first-order chi connectivity index (χ1) is 12.5. The predicted molar refractivity (Wildman–Crippen MR) is 103 cm³/mol. The standard InChI is InChI=1S/C21H25N3O2/c1-16-6-7-18(15-17(16)2)19(25)8-9-21(26)24-13-11-23(12-14-24)20-5-3-4-10-22-20/h3-7,10,15H,8-9,11-14H2,1-2H3. The van der Waals surface area contributed by atoms with Gasteiger partial charge in [0, 0.05) is 50.8 Å². The number of hydrogen-bond donors (Lipinski definition) is 0. The van der Waals surface area contributed by atoms with Crippen LogP contribution in [-0.4, -0.2) is 47.8 Å². The summed E-state index contributed by atoms with van der Waals surface area (Å²) < 4.78 is 0. The van der Waals surface area contributed by atoms with Crippen molar-refractivity contribution in [2.45, 2.75) is 26.7 Å². The molecule has 2 aromatic rings. The molecule has 1 aliphatic heterocycles. The van der Waals surface area contributed by atoms with Gasteiger partial charge in [-0.05, 0) is 43.2 Å². The van der Waals surface area contributed by atoms with Gasteiger partial charge in [-0.15, -0.1) is 0 Å². The molecule has 0 spiro atoms. The van der Waals surface area contributed by atoms with Crippen molar-refractivity contribution >= 4 is 17.5 Å². The van der Waals surface area contributed by atoms with E-state index in [-0.39, 0.29) is 24.5 Å². The van der Waals surface area contributed by atoms with Crippen molar-refractivity contribution in [1.82, 2.24) is 9.88 Å². The van der Waals surface area contributed by atoms with Gasteiger partial charge in [0.05, 0.1) is 0 Å². The first-order valence-corrected chi connectivity index (χ1v) is 9.09. The number of piperazine rings is 1. The van der Waals surface area contributed by atoms with Crippen molar-refractivity contribution in [1.29, 1.82) is 0 Å². The number of benzene rings is 1. The molecule has 1 amide bonds. The Balaban J connectivity index is 1.48. The summed E-state index contributed by atoms with van der Waals surface area (Å²) in [5.41, 5.74) is 2.97. The third-order valence-electron chi connectivity index (χ3n) is 5.00. The minimum Gasteiger partial charge on any atom is -0.353 e. The first kappa shape index (κ1) is 18.1. The van der Waals surface area contributed by atoms with E-state index in [0.717, 1.165) is 24.5 Å². The number of carbonyl (C=O) groups excluding carboxylic acids is 2. The summed E-state index contributed by atoms with van der Waals surface area (Å²) >= 11 is 0. The maximum Gasteiger partial charge on any atom is 0.223 e. The summed E-state index contributed by atoms with van der Waals surface area (Å²) in [5, 5.41) is 0. The molecule has 0 aliphatic carbocycles. The number of rotatable bonds is 5. The van der Waals surface area contributed by atoms with Gasteiger partial charge in [-0.3, -0.25) is 9.59 Å². The van der Waals surface area contributed by atoms with Gasteiger partial charge < -0.3 is 9.80 Å². The van der Waals surface area contributed by atoms with Crippen LogP contribution in [0.25, 0.3) is 0 Å². The van der Waals surface area contributed by atoms with Crippen molar-refractivity contribution in [2.24, 2.45) is 0 Å². The molecule has 5 heteroatoms. The lowest BCUT2D eigenvalue weighted by atomic mass is 10.0. The normalized spacial score (nSPS) is 14.4. The number of hydrogen-bond acceptors (Lipinski definition) is 4. The number of ketones is 1. The number of Topliss-reactive ketones (excluding diaryl/α,β-unsaturated/α-hetero) is 1. The molecule has 1 aromatic heterocycles. The van der Waals surface area contributed by atoms with Crippen molar-refractivity contribution in [2.75, 3.05) is 31.1 Å². The fraction of sp³-hybridized carbons (Fsp3) is 0.381. The van der Waals surface area contributed by atoms with Crippen molar-refractivity contribution < 1.29 is 9.59 Å². The van der Waals surface area contributed by atoms with Crippen LogP contribution in [0.5, 0.6) is 0 Å². The summed E-state index contributed by atoms with van der Waals surface area (Å²) in [6, 6.07) is 11.6. The lowest BCUT2D eigenvalue weighted by Gasteiger charge is -2.35. The van der Waals surface area contributed by atoms with Gasteiger partial charge >= 0.3 is 0 Å². The van der Waals surface area contributed by atoms with Crippen molar-refractivity contribution in [3.05, 3.63) is 59.3 Å². The Labute approximate surface area is 154 Å². The molecule has 5 nitrogen and oxygen atoms in total. The molecule has 136 valence electrons. The average Bonchev–Trinajstić information content (AvgIpc) is 2.68. The van der Waals surface area contributed by atoms with E-state index in [1.165, 1.54) is 5.56 Å². The minimum absolute atomic E-state index is 0.0357. The Kier molecular flexibility index (Phi) is 5.66. The van der Waals surface area contributed by atoms with E-state index in [4.69, 9.17) is 0 Å². The molecule has 0 saturated carbocycles. The Bertz CT molecular complexity index is 781. The second-order valence-electron chi connectivity index (χ2n) is 6.78. The highest BCUT2D eigenvalue weighted by atomic mass is 16.2. The molecule has 1 fully saturated rings. The van der Waals surface area contributed by atoms with E-state index in [0.29, 0.717) is 18.7 Å². The van der Waals surface area contributed by atoms with E-state index in [2.05, 4.69) is 9.88 Å². The quantitative estimate of drug-likeness (QED) is 0.777. The fourth-order valence-corrected chi connectivity index (χ4v) is 3.16. The SMILES string of the molecule is Cc1ccc(C(=O)CCC(=O)N2CCN(c3ccccn3)CC2)cc1C. The van der Waals surface area contributed by atoms with E-state index in [9.17, 15) is 9.59 Å². The highest BCUT2D eigenvalue weighted by Gasteiger charge is 2.22. The lowest BCUT2D eigenvalue weighted by Crippen LogP contribution is -2.49. The molecule has 1 aliphatic rings. The number of aromatic nitrogens is 1. The van der Waals surface area contributed by atoms with Gasteiger partial charge in [-0.25, -0.2) is 4.98 Å². The average molecular weight is 351 g/mol. The van der Waals surface area contributed by atoms with Crippen LogP contribution >= 0.6 is 0 Å². The van der Waals surface area contributed by atoms with Gasteiger partial charge in [0.2, 0.25) is 5.91 Å². The van der Waals surface area contributed by atoms with E-state index < -0.39 is 0 Å². The van der Waals surface area contributed by atoms with Crippen LogP contribution in [0.15, 0.2) is 42.6 Å². The van der Waals surface area contributed by atoms with Gasteiger partial charge in [-0.1, -0.05) is 18.2 Å². The molecular formula is C21H25N3O2. The van der Waals surface area contributed by atoms with E-state index in [1.54, 1.807) is 6.20 Å². The monoisotopic (exact) mass is 351 g/mol. The van der Waals surface area contributed by atoms with Crippen molar-refractivity contribution in [3.63, 3.8) is 0 Å². The molecule has 2 heterocycles. The molecule has 0 bridgehead atoms. The Morgan fingerprint density at radius 1 is 0.962 bits per heavy atom. The van der Waals surface area contributed by atoms with Crippen LogP contribution in [0.1, 0.15) is 34.3 Å². The third kappa shape index (κ3) is 4.28. The van der Waals surface area contributed by atoms with Gasteiger partial charge in [0.15, 0.2) is 5.78 Å². The Morgan fingerprint density at radius 2 is 1.73 bits per heavy atom. The number of aryl methyl sites for hydroxylation is 2. The Hall–Kier alpha value is -2.69. The second-order valence-corrected chi connectivity index (χ2v) is 6.78. The molecule has 1 saturated heterocycles. The van der Waals surface area contributed by atoms with Crippen molar-refractivity contribution in [3.8, 4) is 0 Å². The number of carbonyl (C=O) groups is 2. The molecule has 0 radical (unpaired) electrons. The summed E-state index contributed by atoms with van der Waals surface area (Å²) in [4.78, 5) is 33.2. The molecule has 0 N–H and O–H groups in total. The summed E-state index contributed by atoms with van der Waals surface area (Å²) in [6.07, 6.45) is 2.32. The topological polar surface area (TPSA) is 53.5 Å². The van der Waals surface area contributed by atoms with Gasteiger partial charge in [0.25, 0.3) is 0 Å². The van der Waals surface area contributed by atoms with Crippen LogP contribution in [0.2, 0.25) is 0 Å². The van der Waals surface area contributed by atoms with Gasteiger partial charge in [0.1, 0.15) is 5.82 Å². The molecular weight excluding hydrogens is 326 g/mol. The van der Waals surface area contributed by atoms with Crippen LogP contribution in [0, 0.1) is 13.8 Å². The summed E-state index contributed by atoms with van der Waals surface area (Å²) in [5.74, 6) is 1.04. The van der Waals surface area contributed by atoms with Crippen LogP contribution in [0.3, 0.4) is 0 Å². The zero-order chi connectivity index (χ0) is 18.5. The molecule has 3 rings (SSSR count). The van der Waals surface area contributed by atoms with Crippen LogP contribution in [0.4, 0.5) is 5.82 Å². The largest absolute Gasteiger partial charge is 0.353 e. The first-order valence-electron chi connectivity index (χ1n) is 9.09. The smallest absolute Gasteiger partial charge is 0.223 e.